The smallest absolute Gasteiger partial charge is 0.293 e. The molecule has 1 heterocycles. The predicted molar refractivity (Wildman–Crippen MR) is 138 cm³/mol. The predicted octanol–water partition coefficient (Wildman–Crippen LogP) is 7.44. The lowest BCUT2D eigenvalue weighted by Gasteiger charge is -2.13. The summed E-state index contributed by atoms with van der Waals surface area (Å²) in [6, 6.07) is 19.7. The molecule has 1 fully saturated rings. The molecular weight excluding hydrogens is 559 g/mol. The topological polar surface area (TPSA) is 70.4 Å². The maximum absolute atomic E-state index is 12.8. The van der Waals surface area contributed by atoms with Crippen molar-refractivity contribution in [2.45, 2.75) is 13.2 Å². The van der Waals surface area contributed by atoms with Crippen molar-refractivity contribution in [3.05, 3.63) is 102 Å². The first kappa shape index (κ1) is 24.4. The first-order valence-corrected chi connectivity index (χ1v) is 12.3. The van der Waals surface area contributed by atoms with Gasteiger partial charge >= 0.3 is 0 Å². The van der Waals surface area contributed by atoms with Crippen LogP contribution in [0.5, 0.6) is 5.75 Å². The Hall–Kier alpha value is -2.76. The Kier molecular flexibility index (Phi) is 7.64. The van der Waals surface area contributed by atoms with Crippen LogP contribution in [0.1, 0.15) is 22.3 Å². The average molecular weight is 574 g/mol. The summed E-state index contributed by atoms with van der Waals surface area (Å²) in [6.45, 7) is 0.339. The van der Waals surface area contributed by atoms with Crippen molar-refractivity contribution in [1.82, 2.24) is 4.90 Å². The van der Waals surface area contributed by atoms with Crippen LogP contribution in [0.3, 0.4) is 0 Å². The summed E-state index contributed by atoms with van der Waals surface area (Å²) >= 11 is 16.7. The molecule has 0 saturated carbocycles. The maximum Gasteiger partial charge on any atom is 0.293 e. The van der Waals surface area contributed by atoms with Gasteiger partial charge in [-0.25, -0.2) is 0 Å². The van der Waals surface area contributed by atoms with Gasteiger partial charge in [-0.15, -0.1) is 0 Å². The van der Waals surface area contributed by atoms with Crippen LogP contribution in [0.4, 0.5) is 4.79 Å². The van der Waals surface area contributed by atoms with Gasteiger partial charge < -0.3 is 4.74 Å². The van der Waals surface area contributed by atoms with Crippen molar-refractivity contribution < 1.29 is 14.3 Å². The minimum absolute atomic E-state index is 0.167. The molecule has 1 aliphatic rings. The van der Waals surface area contributed by atoms with Crippen molar-refractivity contribution in [3.8, 4) is 11.8 Å². The summed E-state index contributed by atoms with van der Waals surface area (Å²) in [7, 11) is 0. The van der Waals surface area contributed by atoms with Gasteiger partial charge in [-0.2, -0.15) is 5.26 Å². The second kappa shape index (κ2) is 10.7. The Labute approximate surface area is 219 Å². The summed E-state index contributed by atoms with van der Waals surface area (Å²) in [5, 5.41) is 9.81. The Morgan fingerprint density at radius 1 is 1.09 bits per heavy atom. The highest BCUT2D eigenvalue weighted by Crippen LogP contribution is 2.38. The molecule has 1 saturated heterocycles. The number of carbonyl (C=O) groups is 2. The van der Waals surface area contributed by atoms with Crippen LogP contribution in [0.15, 0.2) is 70.0 Å². The number of benzene rings is 3. The number of carbonyl (C=O) groups excluding carboxylic acids is 2. The molecule has 1 aliphatic heterocycles. The van der Waals surface area contributed by atoms with Gasteiger partial charge in [-0.1, -0.05) is 53.5 Å². The van der Waals surface area contributed by atoms with E-state index < -0.39 is 0 Å². The van der Waals surface area contributed by atoms with E-state index in [9.17, 15) is 14.9 Å². The van der Waals surface area contributed by atoms with E-state index in [4.69, 9.17) is 27.9 Å². The van der Waals surface area contributed by atoms with Crippen LogP contribution < -0.4 is 4.74 Å². The Morgan fingerprint density at radius 3 is 2.53 bits per heavy atom. The molecule has 4 rings (SSSR count). The third-order valence-corrected chi connectivity index (χ3v) is 6.98. The summed E-state index contributed by atoms with van der Waals surface area (Å²) in [5.74, 6) is 0.0491. The second-order valence-electron chi connectivity index (χ2n) is 7.27. The summed E-state index contributed by atoms with van der Waals surface area (Å²) < 4.78 is 6.44. The van der Waals surface area contributed by atoms with Crippen molar-refractivity contribution in [2.75, 3.05) is 0 Å². The number of rotatable bonds is 6. The number of thioether (sulfide) groups is 1. The minimum Gasteiger partial charge on any atom is -0.486 e. The summed E-state index contributed by atoms with van der Waals surface area (Å²) in [6.07, 6.45) is 1.62. The molecule has 0 bridgehead atoms. The molecule has 5 nitrogen and oxygen atoms in total. The fourth-order valence-electron chi connectivity index (χ4n) is 3.27. The normalized spacial score (nSPS) is 14.5. The van der Waals surface area contributed by atoms with Crippen LogP contribution in [0.2, 0.25) is 10.0 Å². The largest absolute Gasteiger partial charge is 0.486 e. The molecule has 3 aromatic rings. The average Bonchev–Trinajstić information content (AvgIpc) is 3.07. The number of nitrogens with zero attached hydrogens (tertiary/aromatic N) is 2. The van der Waals surface area contributed by atoms with Gasteiger partial charge in [0.25, 0.3) is 11.1 Å². The summed E-state index contributed by atoms with van der Waals surface area (Å²) in [4.78, 5) is 26.8. The van der Waals surface area contributed by atoms with E-state index in [1.807, 2.05) is 12.1 Å². The Morgan fingerprint density at radius 2 is 1.82 bits per heavy atom. The molecule has 2 amide bonds. The van der Waals surface area contributed by atoms with Crippen molar-refractivity contribution >= 4 is 68.1 Å². The highest BCUT2D eigenvalue weighted by Gasteiger charge is 2.35. The van der Waals surface area contributed by atoms with E-state index in [2.05, 4.69) is 22.0 Å². The third kappa shape index (κ3) is 5.48. The SMILES string of the molecule is N#Cc1ccccc1COc1c(Cl)cc(/C=C2/SC(=O)N(Cc3ccc(Cl)cc3)C2=O)cc1Br. The zero-order valence-corrected chi connectivity index (χ0v) is 21.3. The first-order chi connectivity index (χ1) is 16.4. The Balaban J connectivity index is 1.51. The molecule has 34 heavy (non-hydrogen) atoms. The van der Waals surface area contributed by atoms with Gasteiger partial charge in [0.1, 0.15) is 6.61 Å². The lowest BCUT2D eigenvalue weighted by atomic mass is 10.1. The van der Waals surface area contributed by atoms with Crippen LogP contribution in [-0.4, -0.2) is 16.0 Å². The number of ether oxygens (including phenoxy) is 1. The molecule has 0 spiro atoms. The van der Waals surface area contributed by atoms with Gasteiger partial charge in [0.05, 0.1) is 32.6 Å². The van der Waals surface area contributed by atoms with E-state index in [1.54, 1.807) is 54.6 Å². The van der Waals surface area contributed by atoms with Gasteiger partial charge in [0.2, 0.25) is 0 Å². The van der Waals surface area contributed by atoms with Crippen molar-refractivity contribution in [3.63, 3.8) is 0 Å². The number of hydrogen-bond donors (Lipinski definition) is 0. The van der Waals surface area contributed by atoms with E-state index in [0.717, 1.165) is 22.9 Å². The molecule has 3 aromatic carbocycles. The molecule has 0 unspecified atom stereocenters. The molecule has 170 valence electrons. The zero-order valence-electron chi connectivity index (χ0n) is 17.4. The maximum atomic E-state index is 12.8. The third-order valence-electron chi connectivity index (χ3n) is 4.96. The molecule has 0 radical (unpaired) electrons. The lowest BCUT2D eigenvalue weighted by molar-refractivity contribution is -0.123. The number of imide groups is 1. The lowest BCUT2D eigenvalue weighted by Crippen LogP contribution is -2.27. The number of amides is 2. The van der Waals surface area contributed by atoms with Gasteiger partial charge in [0, 0.05) is 10.6 Å². The van der Waals surface area contributed by atoms with Crippen LogP contribution >= 0.6 is 50.9 Å². The van der Waals surface area contributed by atoms with Gasteiger partial charge in [0.15, 0.2) is 5.75 Å². The fraction of sp³-hybridized carbons (Fsp3) is 0.0800. The van der Waals surface area contributed by atoms with E-state index in [-0.39, 0.29) is 24.3 Å². The van der Waals surface area contributed by atoms with E-state index in [0.29, 0.717) is 36.3 Å². The van der Waals surface area contributed by atoms with Gasteiger partial charge in [-0.05, 0) is 75.2 Å². The molecule has 0 aliphatic carbocycles. The monoisotopic (exact) mass is 572 g/mol. The highest BCUT2D eigenvalue weighted by molar-refractivity contribution is 9.10. The number of halogens is 3. The molecule has 0 atom stereocenters. The van der Waals surface area contributed by atoms with Crippen molar-refractivity contribution in [2.24, 2.45) is 0 Å². The quantitative estimate of drug-likeness (QED) is 0.286. The van der Waals surface area contributed by atoms with Crippen LogP contribution in [-0.2, 0) is 17.9 Å². The molecule has 0 N–H and O–H groups in total. The van der Waals surface area contributed by atoms with Crippen LogP contribution in [0.25, 0.3) is 6.08 Å². The molecule has 9 heteroatoms. The highest BCUT2D eigenvalue weighted by atomic mass is 79.9. The van der Waals surface area contributed by atoms with Gasteiger partial charge in [-0.3, -0.25) is 14.5 Å². The summed E-state index contributed by atoms with van der Waals surface area (Å²) in [5.41, 5.74) is 2.71. The molecular formula is C25H15BrCl2N2O3S. The van der Waals surface area contributed by atoms with E-state index >= 15 is 0 Å². The number of hydrogen-bond acceptors (Lipinski definition) is 5. The standard InChI is InChI=1S/C25H15BrCl2N2O3S/c26-20-9-16(10-21(28)23(20)33-14-18-4-2-1-3-17(18)12-29)11-22-24(31)30(25(32)34-22)13-15-5-7-19(27)8-6-15/h1-11H,13-14H2/b22-11+. The minimum atomic E-state index is -0.370. The zero-order chi connectivity index (χ0) is 24.2. The number of nitriles is 1. The van der Waals surface area contributed by atoms with E-state index in [1.165, 1.54) is 4.90 Å². The second-order valence-corrected chi connectivity index (χ2v) is 9.96. The molecule has 0 aromatic heterocycles. The first-order valence-electron chi connectivity index (χ1n) is 9.95. The fourth-order valence-corrected chi connectivity index (χ4v) is 5.22. The van der Waals surface area contributed by atoms with Crippen molar-refractivity contribution in [1.29, 1.82) is 5.26 Å². The van der Waals surface area contributed by atoms with Crippen LogP contribution in [0, 0.1) is 11.3 Å². The Bertz CT molecular complexity index is 1330.